The topological polar surface area (TPSA) is 41.5 Å². The van der Waals surface area contributed by atoms with Crippen LogP contribution in [0.1, 0.15) is 33.6 Å². The van der Waals surface area contributed by atoms with E-state index in [-0.39, 0.29) is 5.91 Å². The number of aliphatic imine (C=N–C) groups is 1. The molecule has 5 heteroatoms. The highest BCUT2D eigenvalue weighted by Gasteiger charge is 2.29. The Morgan fingerprint density at radius 1 is 1.53 bits per heavy atom. The van der Waals surface area contributed by atoms with Crippen LogP contribution in [0.25, 0.3) is 0 Å². The fourth-order valence-corrected chi connectivity index (χ4v) is 2.15. The van der Waals surface area contributed by atoms with Crippen molar-refractivity contribution in [2.75, 3.05) is 13.6 Å². The number of thioether (sulfide) groups is 1. The Morgan fingerprint density at radius 3 is 2.60 bits per heavy atom. The lowest BCUT2D eigenvalue weighted by molar-refractivity contribution is -0.122. The maximum absolute atomic E-state index is 11.7. The first-order valence-electron chi connectivity index (χ1n) is 5.03. The van der Waals surface area contributed by atoms with Crippen LogP contribution in [0.15, 0.2) is 4.99 Å². The molecule has 0 rings (SSSR count). The predicted molar refractivity (Wildman–Crippen MR) is 68.8 cm³/mol. The van der Waals surface area contributed by atoms with Gasteiger partial charge in [-0.1, -0.05) is 36.7 Å². The summed E-state index contributed by atoms with van der Waals surface area (Å²) in [5.74, 6) is 0.00255. The minimum Gasteiger partial charge on any atom is -0.355 e. The molecule has 88 valence electrons. The number of hydrogen-bond donors (Lipinski definition) is 1. The summed E-state index contributed by atoms with van der Waals surface area (Å²) in [4.78, 5) is 15.6. The number of unbranched alkanes of at least 4 members (excludes halogenated alkanes) is 1. The zero-order valence-electron chi connectivity index (χ0n) is 9.76. The zero-order valence-corrected chi connectivity index (χ0v) is 11.3. The van der Waals surface area contributed by atoms with E-state index in [1.807, 2.05) is 13.8 Å². The quantitative estimate of drug-likeness (QED) is 0.463. The normalized spacial score (nSPS) is 12.7. The lowest BCUT2D eigenvalue weighted by atomic mass is 10.2. The van der Waals surface area contributed by atoms with Crippen LogP contribution in [0, 0.1) is 0 Å². The molecule has 0 aromatic rings. The summed E-state index contributed by atoms with van der Waals surface area (Å²) in [5, 5.41) is 2.88. The second-order valence-corrected chi connectivity index (χ2v) is 5.89. The molecule has 0 atom stereocenters. The van der Waals surface area contributed by atoms with Crippen molar-refractivity contribution in [1.82, 2.24) is 5.32 Å². The molecule has 0 saturated carbocycles. The summed E-state index contributed by atoms with van der Waals surface area (Å²) < 4.78 is -0.157. The van der Waals surface area contributed by atoms with Crippen molar-refractivity contribution >= 4 is 33.8 Å². The van der Waals surface area contributed by atoms with Crippen molar-refractivity contribution in [3.05, 3.63) is 0 Å². The number of rotatable bonds is 5. The van der Waals surface area contributed by atoms with Crippen LogP contribution in [0.5, 0.6) is 0 Å². The molecule has 0 aromatic carbocycles. The molecule has 15 heavy (non-hydrogen) atoms. The van der Waals surface area contributed by atoms with Gasteiger partial charge in [0.1, 0.15) is 0 Å². The van der Waals surface area contributed by atoms with Gasteiger partial charge in [0.05, 0.1) is 4.75 Å². The predicted octanol–water partition coefficient (Wildman–Crippen LogP) is 2.64. The van der Waals surface area contributed by atoms with Crippen LogP contribution in [0.2, 0.25) is 0 Å². The maximum Gasteiger partial charge on any atom is 0.236 e. The fraction of sp³-hybridized carbons (Fsp3) is 0.800. The van der Waals surface area contributed by atoms with Crippen molar-refractivity contribution in [1.29, 1.82) is 0 Å². The number of hydrogen-bond acceptors (Lipinski definition) is 3. The summed E-state index contributed by atoms with van der Waals surface area (Å²) in [7, 11) is 1.61. The molecule has 0 saturated heterocycles. The summed E-state index contributed by atoms with van der Waals surface area (Å²) in [6.07, 6.45) is 2.08. The van der Waals surface area contributed by atoms with Gasteiger partial charge >= 0.3 is 0 Å². The van der Waals surface area contributed by atoms with E-state index in [0.717, 1.165) is 19.4 Å². The largest absolute Gasteiger partial charge is 0.355 e. The van der Waals surface area contributed by atoms with Gasteiger partial charge in [0.25, 0.3) is 0 Å². The summed E-state index contributed by atoms with van der Waals surface area (Å²) in [6.45, 7) is 6.49. The molecule has 3 nitrogen and oxygen atoms in total. The Kier molecular flexibility index (Phi) is 7.02. The highest BCUT2D eigenvalue weighted by atomic mass is 35.5. The number of amides is 1. The van der Waals surface area contributed by atoms with Gasteiger partial charge in [0, 0.05) is 13.6 Å². The number of carbonyl (C=O) groups is 1. The molecule has 1 N–H and O–H groups in total. The molecule has 0 bridgehead atoms. The fourth-order valence-electron chi connectivity index (χ4n) is 0.894. The van der Waals surface area contributed by atoms with Gasteiger partial charge < -0.3 is 5.32 Å². The smallest absolute Gasteiger partial charge is 0.236 e. The highest BCUT2D eigenvalue weighted by molar-refractivity contribution is 8.18. The molecule has 0 unspecified atom stereocenters. The molecule has 0 aliphatic rings. The van der Waals surface area contributed by atoms with Crippen molar-refractivity contribution < 1.29 is 4.79 Å². The Morgan fingerprint density at radius 2 is 2.13 bits per heavy atom. The maximum atomic E-state index is 11.7. The molecule has 1 amide bonds. The number of nitrogens with one attached hydrogen (secondary N) is 1. The van der Waals surface area contributed by atoms with E-state index in [9.17, 15) is 4.79 Å². The van der Waals surface area contributed by atoms with Gasteiger partial charge in [-0.05, 0) is 20.3 Å². The van der Waals surface area contributed by atoms with Gasteiger partial charge in [-0.15, -0.1) is 0 Å². The van der Waals surface area contributed by atoms with E-state index in [0.29, 0.717) is 4.50 Å². The second kappa shape index (κ2) is 7.12. The molecule has 0 aliphatic heterocycles. The molecule has 0 aliphatic carbocycles. The van der Waals surface area contributed by atoms with E-state index in [1.165, 1.54) is 11.8 Å². The molecule has 0 aromatic heterocycles. The van der Waals surface area contributed by atoms with Crippen molar-refractivity contribution in [3.63, 3.8) is 0 Å². The van der Waals surface area contributed by atoms with Gasteiger partial charge in [-0.2, -0.15) is 0 Å². The van der Waals surface area contributed by atoms with E-state index in [4.69, 9.17) is 11.6 Å². The monoisotopic (exact) mass is 250 g/mol. The lowest BCUT2D eigenvalue weighted by Crippen LogP contribution is -2.40. The Labute approximate surface area is 101 Å². The van der Waals surface area contributed by atoms with Gasteiger partial charge in [-0.3, -0.25) is 9.79 Å². The van der Waals surface area contributed by atoms with Crippen LogP contribution in [0.3, 0.4) is 0 Å². The van der Waals surface area contributed by atoms with E-state index in [2.05, 4.69) is 17.2 Å². The SMILES string of the molecule is CCCCNC(=O)C(C)(C)SC(Cl)=NC. The lowest BCUT2D eigenvalue weighted by Gasteiger charge is -2.21. The van der Waals surface area contributed by atoms with Crippen LogP contribution in [-0.2, 0) is 4.79 Å². The standard InChI is InChI=1S/C10H19ClN2OS/c1-5-6-7-13-8(14)10(2,3)15-9(11)12-4/h5-7H2,1-4H3,(H,13,14). The van der Waals surface area contributed by atoms with Crippen molar-refractivity contribution in [3.8, 4) is 0 Å². The van der Waals surface area contributed by atoms with Crippen LogP contribution < -0.4 is 5.32 Å². The molecular weight excluding hydrogens is 232 g/mol. The Balaban J connectivity index is 4.14. The molecule has 0 spiro atoms. The third-order valence-electron chi connectivity index (χ3n) is 1.88. The second-order valence-electron chi connectivity index (χ2n) is 3.70. The minimum absolute atomic E-state index is 0.00255. The van der Waals surface area contributed by atoms with Crippen LogP contribution >= 0.6 is 23.4 Å². The minimum atomic E-state index is -0.565. The summed E-state index contributed by atoms with van der Waals surface area (Å²) >= 11 is 7.06. The first-order valence-corrected chi connectivity index (χ1v) is 6.23. The Bertz CT molecular complexity index is 242. The molecular formula is C10H19ClN2OS. The third-order valence-corrected chi connectivity index (χ3v) is 3.33. The average molecular weight is 251 g/mol. The van der Waals surface area contributed by atoms with Crippen LogP contribution in [0.4, 0.5) is 0 Å². The van der Waals surface area contributed by atoms with Gasteiger partial charge in [0.15, 0.2) is 4.50 Å². The number of halogens is 1. The van der Waals surface area contributed by atoms with Gasteiger partial charge in [0.2, 0.25) is 5.91 Å². The van der Waals surface area contributed by atoms with E-state index < -0.39 is 4.75 Å². The summed E-state index contributed by atoms with van der Waals surface area (Å²) in [6, 6.07) is 0. The number of carbonyl (C=O) groups excluding carboxylic acids is 1. The number of nitrogens with zero attached hydrogens (tertiary/aromatic N) is 1. The first-order chi connectivity index (χ1) is 6.94. The van der Waals surface area contributed by atoms with Crippen molar-refractivity contribution in [2.45, 2.75) is 38.4 Å². The zero-order chi connectivity index (χ0) is 11.9. The Hall–Kier alpha value is -0.220. The molecule has 0 radical (unpaired) electrons. The highest BCUT2D eigenvalue weighted by Crippen LogP contribution is 2.27. The van der Waals surface area contributed by atoms with Crippen molar-refractivity contribution in [2.24, 2.45) is 4.99 Å². The summed E-state index contributed by atoms with van der Waals surface area (Å²) in [5.41, 5.74) is 0. The van der Waals surface area contributed by atoms with E-state index in [1.54, 1.807) is 7.05 Å². The molecule has 0 heterocycles. The molecule has 0 fully saturated rings. The third kappa shape index (κ3) is 6.05. The first kappa shape index (κ1) is 14.8. The van der Waals surface area contributed by atoms with Gasteiger partial charge in [-0.25, -0.2) is 0 Å². The van der Waals surface area contributed by atoms with Crippen LogP contribution in [-0.4, -0.2) is 28.7 Å². The average Bonchev–Trinajstić information content (AvgIpc) is 2.17. The van der Waals surface area contributed by atoms with E-state index >= 15 is 0 Å².